The van der Waals surface area contributed by atoms with Crippen LogP contribution in [0.1, 0.15) is 6.92 Å². The highest BCUT2D eigenvalue weighted by Crippen LogP contribution is 2.27. The molecule has 3 rings (SSSR count). The van der Waals surface area contributed by atoms with Gasteiger partial charge in [0.25, 0.3) is 0 Å². The molecule has 1 aromatic heterocycles. The van der Waals surface area contributed by atoms with Gasteiger partial charge in [0.2, 0.25) is 5.95 Å². The van der Waals surface area contributed by atoms with Crippen LogP contribution in [0.5, 0.6) is 5.75 Å². The molecule has 0 aliphatic heterocycles. The van der Waals surface area contributed by atoms with E-state index in [0.29, 0.717) is 12.6 Å². The summed E-state index contributed by atoms with van der Waals surface area (Å²) in [5.41, 5.74) is 1.91. The molecule has 24 heavy (non-hydrogen) atoms. The first-order valence-corrected chi connectivity index (χ1v) is 7.88. The van der Waals surface area contributed by atoms with Gasteiger partial charge in [0, 0.05) is 18.9 Å². The summed E-state index contributed by atoms with van der Waals surface area (Å²) in [6, 6.07) is 19.7. The number of hydrogen-bond acceptors (Lipinski definition) is 5. The van der Waals surface area contributed by atoms with Crippen LogP contribution in [0.2, 0.25) is 0 Å². The smallest absolute Gasteiger partial charge is 0.231 e. The Morgan fingerprint density at radius 2 is 1.75 bits per heavy atom. The highest BCUT2D eigenvalue weighted by molar-refractivity contribution is 5.65. The van der Waals surface area contributed by atoms with Crippen LogP contribution in [0.25, 0.3) is 0 Å². The van der Waals surface area contributed by atoms with Crippen molar-refractivity contribution < 1.29 is 4.74 Å². The Morgan fingerprint density at radius 3 is 2.54 bits per heavy atom. The minimum atomic E-state index is 0.616. The Morgan fingerprint density at radius 1 is 1.00 bits per heavy atom. The number of nitrogens with zero attached hydrogens (tertiary/aromatic N) is 3. The third-order valence-electron chi connectivity index (χ3n) is 3.54. The normalized spacial score (nSPS) is 10.2. The summed E-state index contributed by atoms with van der Waals surface area (Å²) in [4.78, 5) is 10.9. The van der Waals surface area contributed by atoms with Crippen molar-refractivity contribution in [2.24, 2.45) is 0 Å². The fraction of sp³-hybridized carbons (Fsp3) is 0.158. The van der Waals surface area contributed by atoms with Crippen molar-refractivity contribution >= 4 is 23.1 Å². The molecule has 2 aromatic carbocycles. The first-order chi connectivity index (χ1) is 11.8. The monoisotopic (exact) mass is 320 g/mol. The van der Waals surface area contributed by atoms with E-state index in [1.54, 1.807) is 6.20 Å². The zero-order valence-electron chi connectivity index (χ0n) is 13.8. The van der Waals surface area contributed by atoms with E-state index in [-0.39, 0.29) is 0 Å². The van der Waals surface area contributed by atoms with Crippen molar-refractivity contribution in [3.63, 3.8) is 0 Å². The molecule has 0 atom stereocenters. The average Bonchev–Trinajstić information content (AvgIpc) is 2.64. The molecule has 0 unspecified atom stereocenters. The van der Waals surface area contributed by atoms with E-state index < -0.39 is 0 Å². The van der Waals surface area contributed by atoms with Gasteiger partial charge in [-0.3, -0.25) is 0 Å². The second-order valence-electron chi connectivity index (χ2n) is 5.19. The minimum absolute atomic E-state index is 0.616. The van der Waals surface area contributed by atoms with Gasteiger partial charge in [0.1, 0.15) is 11.6 Å². The molecule has 0 fully saturated rings. The van der Waals surface area contributed by atoms with Gasteiger partial charge >= 0.3 is 0 Å². The third kappa shape index (κ3) is 3.63. The Bertz CT molecular complexity index is 792. The molecule has 0 amide bonds. The minimum Gasteiger partial charge on any atom is -0.492 e. The summed E-state index contributed by atoms with van der Waals surface area (Å²) in [5, 5.41) is 3.30. The van der Waals surface area contributed by atoms with Crippen LogP contribution in [0, 0.1) is 0 Å². The molecular formula is C19H20N4O. The Kier molecular flexibility index (Phi) is 4.91. The summed E-state index contributed by atoms with van der Waals surface area (Å²) in [6.07, 6.45) is 1.74. The van der Waals surface area contributed by atoms with Crippen molar-refractivity contribution in [3.8, 4) is 5.75 Å². The van der Waals surface area contributed by atoms with Crippen LogP contribution in [-0.4, -0.2) is 23.6 Å². The standard InChI is InChI=1S/C19H20N4O/c1-3-24-17-12-8-7-11-16(17)21-18-13-14-20-19(22-18)23(2)15-9-5-4-6-10-15/h4-14H,3H2,1-2H3,(H,20,21,22). The largest absolute Gasteiger partial charge is 0.492 e. The van der Waals surface area contributed by atoms with Crippen molar-refractivity contribution in [2.75, 3.05) is 23.9 Å². The lowest BCUT2D eigenvalue weighted by molar-refractivity contribution is 0.342. The van der Waals surface area contributed by atoms with E-state index in [1.807, 2.05) is 79.5 Å². The first-order valence-electron chi connectivity index (χ1n) is 7.88. The van der Waals surface area contributed by atoms with Crippen LogP contribution >= 0.6 is 0 Å². The van der Waals surface area contributed by atoms with Gasteiger partial charge in [-0.2, -0.15) is 4.98 Å². The number of anilines is 4. The SMILES string of the molecule is CCOc1ccccc1Nc1ccnc(N(C)c2ccccc2)n1. The van der Waals surface area contributed by atoms with Crippen LogP contribution in [0.3, 0.4) is 0 Å². The van der Waals surface area contributed by atoms with Gasteiger partial charge in [0.15, 0.2) is 0 Å². The van der Waals surface area contributed by atoms with Gasteiger partial charge in [-0.15, -0.1) is 0 Å². The predicted octanol–water partition coefficient (Wildman–Crippen LogP) is 4.39. The molecule has 0 radical (unpaired) electrons. The van der Waals surface area contributed by atoms with Crippen LogP contribution in [-0.2, 0) is 0 Å². The van der Waals surface area contributed by atoms with Crippen LogP contribution < -0.4 is 15.0 Å². The maximum atomic E-state index is 5.64. The zero-order valence-corrected chi connectivity index (χ0v) is 13.8. The summed E-state index contributed by atoms with van der Waals surface area (Å²) >= 11 is 0. The van der Waals surface area contributed by atoms with Crippen molar-refractivity contribution in [1.82, 2.24) is 9.97 Å². The third-order valence-corrected chi connectivity index (χ3v) is 3.54. The first kappa shape index (κ1) is 15.8. The number of benzene rings is 2. The predicted molar refractivity (Wildman–Crippen MR) is 97.4 cm³/mol. The number of ether oxygens (including phenoxy) is 1. The lowest BCUT2D eigenvalue weighted by Crippen LogP contribution is -2.13. The van der Waals surface area contributed by atoms with E-state index in [4.69, 9.17) is 4.74 Å². The molecule has 1 N–H and O–H groups in total. The Balaban J connectivity index is 1.84. The van der Waals surface area contributed by atoms with E-state index in [9.17, 15) is 0 Å². The fourth-order valence-corrected chi connectivity index (χ4v) is 2.34. The molecule has 0 aliphatic rings. The number of aromatic nitrogens is 2. The van der Waals surface area contributed by atoms with E-state index in [1.165, 1.54) is 0 Å². The van der Waals surface area contributed by atoms with Gasteiger partial charge in [0.05, 0.1) is 12.3 Å². The molecule has 0 saturated heterocycles. The van der Waals surface area contributed by atoms with Gasteiger partial charge in [-0.25, -0.2) is 4.98 Å². The van der Waals surface area contributed by atoms with Crippen LogP contribution in [0.4, 0.5) is 23.1 Å². The lowest BCUT2D eigenvalue weighted by atomic mass is 10.3. The lowest BCUT2D eigenvalue weighted by Gasteiger charge is -2.18. The van der Waals surface area contributed by atoms with Crippen LogP contribution in [0.15, 0.2) is 66.9 Å². The second kappa shape index (κ2) is 7.46. The average molecular weight is 320 g/mol. The number of para-hydroxylation sites is 3. The molecule has 1 heterocycles. The van der Waals surface area contributed by atoms with Crippen molar-refractivity contribution in [1.29, 1.82) is 0 Å². The Labute approximate surface area is 142 Å². The van der Waals surface area contributed by atoms with Crippen molar-refractivity contribution in [3.05, 3.63) is 66.9 Å². The quantitative estimate of drug-likeness (QED) is 0.730. The zero-order chi connectivity index (χ0) is 16.8. The maximum absolute atomic E-state index is 5.64. The molecule has 5 heteroatoms. The molecule has 0 aliphatic carbocycles. The highest BCUT2D eigenvalue weighted by Gasteiger charge is 2.09. The molecule has 5 nitrogen and oxygen atoms in total. The van der Waals surface area contributed by atoms with Gasteiger partial charge in [-0.1, -0.05) is 30.3 Å². The van der Waals surface area contributed by atoms with E-state index in [2.05, 4.69) is 15.3 Å². The van der Waals surface area contributed by atoms with Gasteiger partial charge < -0.3 is 15.0 Å². The maximum Gasteiger partial charge on any atom is 0.231 e. The molecular weight excluding hydrogens is 300 g/mol. The molecule has 0 saturated carbocycles. The molecule has 0 spiro atoms. The highest BCUT2D eigenvalue weighted by atomic mass is 16.5. The summed E-state index contributed by atoms with van der Waals surface area (Å²) in [5.74, 6) is 2.15. The summed E-state index contributed by atoms with van der Waals surface area (Å²) < 4.78 is 5.64. The van der Waals surface area contributed by atoms with Crippen molar-refractivity contribution in [2.45, 2.75) is 6.92 Å². The number of nitrogens with one attached hydrogen (secondary N) is 1. The molecule has 0 bridgehead atoms. The topological polar surface area (TPSA) is 50.3 Å². The Hall–Kier alpha value is -3.08. The number of hydrogen-bond donors (Lipinski definition) is 1. The molecule has 3 aromatic rings. The van der Waals surface area contributed by atoms with Gasteiger partial charge in [-0.05, 0) is 37.3 Å². The molecule has 122 valence electrons. The van der Waals surface area contributed by atoms with E-state index in [0.717, 1.165) is 22.9 Å². The summed E-state index contributed by atoms with van der Waals surface area (Å²) in [6.45, 7) is 2.58. The summed E-state index contributed by atoms with van der Waals surface area (Å²) in [7, 11) is 1.95. The van der Waals surface area contributed by atoms with E-state index >= 15 is 0 Å². The fourth-order valence-electron chi connectivity index (χ4n) is 2.34. The number of rotatable bonds is 6. The second-order valence-corrected chi connectivity index (χ2v) is 5.19.